The first-order valence-corrected chi connectivity index (χ1v) is 11.7. The number of hydrogen-bond acceptors (Lipinski definition) is 5. The van der Waals surface area contributed by atoms with Crippen LogP contribution in [0.15, 0.2) is 60.9 Å². The summed E-state index contributed by atoms with van der Waals surface area (Å²) in [5, 5.41) is 31.7. The van der Waals surface area contributed by atoms with Crippen LogP contribution in [0.4, 0.5) is 0 Å². The summed E-state index contributed by atoms with van der Waals surface area (Å²) in [6.45, 7) is 2.26. The largest absolute Gasteiger partial charge is 0.393 e. The fourth-order valence-corrected chi connectivity index (χ4v) is 4.36. The van der Waals surface area contributed by atoms with Crippen molar-refractivity contribution in [2.45, 2.75) is 50.3 Å². The minimum Gasteiger partial charge on any atom is -0.393 e. The minimum atomic E-state index is -0.728. The van der Waals surface area contributed by atoms with E-state index >= 15 is 0 Å². The lowest BCUT2D eigenvalue weighted by molar-refractivity contribution is 0.176. The number of aromatic nitrogens is 2. The molecule has 4 rings (SSSR count). The van der Waals surface area contributed by atoms with Gasteiger partial charge >= 0.3 is 0 Å². The third-order valence-electron chi connectivity index (χ3n) is 6.37. The van der Waals surface area contributed by atoms with Crippen LogP contribution in [0.3, 0.4) is 0 Å². The van der Waals surface area contributed by atoms with Gasteiger partial charge in [-0.1, -0.05) is 48.2 Å². The van der Waals surface area contributed by atoms with Crippen LogP contribution in [0.1, 0.15) is 61.2 Å². The molecule has 3 aromatic rings. The molecule has 0 spiro atoms. The summed E-state index contributed by atoms with van der Waals surface area (Å²) >= 11 is 0. The molecule has 0 bridgehead atoms. The molecule has 2 unspecified atom stereocenters. The van der Waals surface area contributed by atoms with Gasteiger partial charge in [0, 0.05) is 37.0 Å². The molecular weight excluding hydrogens is 424 g/mol. The van der Waals surface area contributed by atoms with Crippen molar-refractivity contribution in [1.29, 1.82) is 5.26 Å². The number of hydrogen-bond donors (Lipinski definition) is 3. The van der Waals surface area contributed by atoms with Gasteiger partial charge in [-0.25, -0.2) is 4.98 Å². The number of aliphatic hydroxyl groups excluding tert-OH is 2. The van der Waals surface area contributed by atoms with Crippen LogP contribution < -0.4 is 5.32 Å². The van der Waals surface area contributed by atoms with E-state index in [2.05, 4.69) is 64.6 Å². The van der Waals surface area contributed by atoms with Gasteiger partial charge in [-0.3, -0.25) is 0 Å². The maximum atomic E-state index is 9.85. The molecule has 1 heterocycles. The normalized spacial score (nSPS) is 18.8. The molecule has 1 aliphatic carbocycles. The van der Waals surface area contributed by atoms with Gasteiger partial charge in [0.15, 0.2) is 0 Å². The average Bonchev–Trinajstić information content (AvgIpc) is 3.32. The molecule has 0 saturated heterocycles. The Morgan fingerprint density at radius 1 is 1.12 bits per heavy atom. The summed E-state index contributed by atoms with van der Waals surface area (Å²) in [4.78, 5) is 4.15. The lowest BCUT2D eigenvalue weighted by Crippen LogP contribution is -2.40. The van der Waals surface area contributed by atoms with E-state index in [4.69, 9.17) is 5.26 Å². The molecule has 2 aromatic carbocycles. The smallest absolute Gasteiger partial charge is 0.138 e. The van der Waals surface area contributed by atoms with Crippen LogP contribution in [0.2, 0.25) is 0 Å². The van der Waals surface area contributed by atoms with Crippen molar-refractivity contribution in [1.82, 2.24) is 14.9 Å². The molecule has 3 N–H and O–H groups in total. The zero-order valence-corrected chi connectivity index (χ0v) is 19.4. The molecule has 174 valence electrons. The molecule has 1 aliphatic rings. The second-order valence-electron chi connectivity index (χ2n) is 8.76. The van der Waals surface area contributed by atoms with Crippen molar-refractivity contribution in [3.05, 3.63) is 77.9 Å². The quantitative estimate of drug-likeness (QED) is 0.354. The van der Waals surface area contributed by atoms with Crippen LogP contribution in [0.5, 0.6) is 0 Å². The first-order chi connectivity index (χ1) is 16.6. The summed E-state index contributed by atoms with van der Waals surface area (Å²) < 4.78 is 1.71. The van der Waals surface area contributed by atoms with Gasteiger partial charge in [-0.05, 0) is 54.5 Å². The van der Waals surface area contributed by atoms with Crippen molar-refractivity contribution in [3.8, 4) is 29.0 Å². The summed E-state index contributed by atoms with van der Waals surface area (Å²) in [5.41, 5.74) is 4.53. The van der Waals surface area contributed by atoms with Gasteiger partial charge in [0.25, 0.3) is 0 Å². The van der Waals surface area contributed by atoms with Crippen LogP contribution in [-0.4, -0.2) is 39.0 Å². The Labute approximate surface area is 200 Å². The van der Waals surface area contributed by atoms with Crippen molar-refractivity contribution in [2.24, 2.45) is 0 Å². The van der Waals surface area contributed by atoms with E-state index in [1.54, 1.807) is 23.9 Å². The lowest BCUT2D eigenvalue weighted by atomic mass is 9.75. The van der Waals surface area contributed by atoms with Gasteiger partial charge in [0.05, 0.1) is 12.7 Å². The first-order valence-electron chi connectivity index (χ1n) is 11.7. The molecule has 0 aliphatic heterocycles. The van der Waals surface area contributed by atoms with Gasteiger partial charge in [0.1, 0.15) is 18.0 Å². The van der Waals surface area contributed by atoms with Crippen LogP contribution in [0, 0.1) is 23.2 Å². The summed E-state index contributed by atoms with van der Waals surface area (Å²) in [6.07, 6.45) is 5.42. The molecule has 34 heavy (non-hydrogen) atoms. The van der Waals surface area contributed by atoms with E-state index in [0.29, 0.717) is 24.2 Å². The van der Waals surface area contributed by atoms with E-state index in [1.165, 1.54) is 11.1 Å². The first kappa shape index (κ1) is 23.7. The van der Waals surface area contributed by atoms with E-state index in [-0.39, 0.29) is 6.61 Å². The number of aliphatic hydroxyl groups is 2. The maximum Gasteiger partial charge on any atom is 0.138 e. The number of nitrogens with one attached hydrogen (secondary N) is 1. The van der Waals surface area contributed by atoms with Gasteiger partial charge < -0.3 is 20.1 Å². The molecule has 1 fully saturated rings. The Morgan fingerprint density at radius 2 is 1.79 bits per heavy atom. The van der Waals surface area contributed by atoms with Crippen LogP contribution >= 0.6 is 0 Å². The third kappa shape index (κ3) is 5.55. The Kier molecular flexibility index (Phi) is 7.77. The Morgan fingerprint density at radius 3 is 2.41 bits per heavy atom. The van der Waals surface area contributed by atoms with Crippen molar-refractivity contribution < 1.29 is 10.2 Å². The molecular formula is C28H30N4O2. The molecule has 0 radical (unpaired) electrons. The SMILES string of the molecule is CC(O)c1nccn1C(C#Cc1ccc(-c2ccc(C3CC(NCCC#N)C3)cc2)cc1)CO. The predicted molar refractivity (Wildman–Crippen MR) is 132 cm³/mol. The molecule has 6 heteroatoms. The summed E-state index contributed by atoms with van der Waals surface area (Å²) in [7, 11) is 0. The topological polar surface area (TPSA) is 94.1 Å². The third-order valence-corrected chi connectivity index (χ3v) is 6.37. The van der Waals surface area contributed by atoms with E-state index in [0.717, 1.165) is 30.5 Å². The molecule has 1 aromatic heterocycles. The highest BCUT2D eigenvalue weighted by molar-refractivity contribution is 5.64. The predicted octanol–water partition coefficient (Wildman–Crippen LogP) is 3.94. The molecule has 1 saturated carbocycles. The fraction of sp³-hybridized carbons (Fsp3) is 0.357. The number of nitrogens with zero attached hydrogens (tertiary/aromatic N) is 3. The zero-order valence-electron chi connectivity index (χ0n) is 19.4. The fourth-order valence-electron chi connectivity index (χ4n) is 4.36. The van der Waals surface area contributed by atoms with Crippen molar-refractivity contribution >= 4 is 0 Å². The number of imidazole rings is 1. The van der Waals surface area contributed by atoms with Gasteiger partial charge in [-0.15, -0.1) is 0 Å². The van der Waals surface area contributed by atoms with Gasteiger partial charge in [-0.2, -0.15) is 5.26 Å². The van der Waals surface area contributed by atoms with Crippen molar-refractivity contribution in [2.75, 3.05) is 13.2 Å². The molecule has 0 amide bonds. The van der Waals surface area contributed by atoms with Crippen LogP contribution in [0.25, 0.3) is 11.1 Å². The Balaban J connectivity index is 1.37. The second kappa shape index (κ2) is 11.1. The monoisotopic (exact) mass is 454 g/mol. The standard InChI is InChI=1S/C28H30N4O2/c1-20(34)28-31-15-16-32(28)27(19-33)12-5-21-3-6-22(7-4-21)23-8-10-24(11-9-23)25-17-26(18-25)30-14-2-13-29/h3-4,6-11,15-16,20,25-27,30,33-34H,2,14,17-19H2,1H3. The Hall–Kier alpha value is -3.42. The van der Waals surface area contributed by atoms with Crippen LogP contribution in [-0.2, 0) is 0 Å². The number of nitriles is 1. The summed E-state index contributed by atoms with van der Waals surface area (Å²) in [6, 6.07) is 19.1. The van der Waals surface area contributed by atoms with Crippen molar-refractivity contribution in [3.63, 3.8) is 0 Å². The summed E-state index contributed by atoms with van der Waals surface area (Å²) in [5.74, 6) is 7.29. The minimum absolute atomic E-state index is 0.162. The highest BCUT2D eigenvalue weighted by Crippen LogP contribution is 2.37. The zero-order chi connectivity index (χ0) is 23.9. The highest BCUT2D eigenvalue weighted by atomic mass is 16.3. The van der Waals surface area contributed by atoms with E-state index in [1.807, 2.05) is 12.1 Å². The number of benzene rings is 2. The second-order valence-corrected chi connectivity index (χ2v) is 8.76. The Bertz CT molecular complexity index is 1170. The van der Waals surface area contributed by atoms with E-state index < -0.39 is 12.1 Å². The molecule has 2 atom stereocenters. The maximum absolute atomic E-state index is 9.85. The number of rotatable bonds is 8. The van der Waals surface area contributed by atoms with E-state index in [9.17, 15) is 10.2 Å². The highest BCUT2D eigenvalue weighted by Gasteiger charge is 2.29. The average molecular weight is 455 g/mol. The molecule has 6 nitrogen and oxygen atoms in total. The lowest BCUT2D eigenvalue weighted by Gasteiger charge is -2.36. The van der Waals surface area contributed by atoms with Gasteiger partial charge in [0.2, 0.25) is 0 Å².